The minimum absolute atomic E-state index is 0.491. The Morgan fingerprint density at radius 3 is 1.17 bits per heavy atom. The van der Waals surface area contributed by atoms with Gasteiger partial charge in [0.2, 0.25) is 0 Å². The van der Waals surface area contributed by atoms with E-state index >= 15 is 0 Å². The first-order chi connectivity index (χ1) is 24.4. The van der Waals surface area contributed by atoms with Gasteiger partial charge in [-0.2, -0.15) is 0 Å². The molecule has 52 heavy (non-hydrogen) atoms. The van der Waals surface area contributed by atoms with Gasteiger partial charge < -0.3 is 0 Å². The van der Waals surface area contributed by atoms with Crippen LogP contribution in [0.25, 0.3) is 34.4 Å². The molecule has 4 heteroatoms. The van der Waals surface area contributed by atoms with E-state index in [2.05, 4.69) is 165 Å². The number of fused-ring (bicyclic) bond motifs is 2. The van der Waals surface area contributed by atoms with Crippen molar-refractivity contribution in [3.05, 3.63) is 119 Å². The number of hydrogen-bond donors (Lipinski definition) is 0. The molecular formula is C48H64HfSi3. The van der Waals surface area contributed by atoms with Crippen molar-refractivity contribution in [2.45, 2.75) is 115 Å². The van der Waals surface area contributed by atoms with Gasteiger partial charge in [0.15, 0.2) is 0 Å². The van der Waals surface area contributed by atoms with E-state index in [1.165, 1.54) is 84.7 Å². The summed E-state index contributed by atoms with van der Waals surface area (Å²) >= 11 is -5.32. The topological polar surface area (TPSA) is 0 Å². The fourth-order valence-corrected chi connectivity index (χ4v) is 79.5. The van der Waals surface area contributed by atoms with Crippen molar-refractivity contribution in [1.29, 1.82) is 0 Å². The Morgan fingerprint density at radius 2 is 0.846 bits per heavy atom. The van der Waals surface area contributed by atoms with E-state index in [-0.39, 0.29) is 0 Å². The first kappa shape index (κ1) is 36.8. The van der Waals surface area contributed by atoms with Gasteiger partial charge in [0.1, 0.15) is 0 Å². The van der Waals surface area contributed by atoms with Crippen LogP contribution in [0.1, 0.15) is 81.0 Å². The number of benzene rings is 4. The summed E-state index contributed by atoms with van der Waals surface area (Å²) in [5.74, 6) is 0. The molecular weight excluding hydrogens is 839 g/mol. The van der Waals surface area contributed by atoms with E-state index in [1.54, 1.807) is 21.5 Å². The van der Waals surface area contributed by atoms with Crippen molar-refractivity contribution in [2.24, 2.45) is 0 Å². The fraction of sp³-hybridized carbons (Fsp3) is 0.417. The summed E-state index contributed by atoms with van der Waals surface area (Å²) in [6, 6.07) is 34.2. The van der Waals surface area contributed by atoms with Gasteiger partial charge in [-0.3, -0.25) is 0 Å². The Labute approximate surface area is 313 Å². The van der Waals surface area contributed by atoms with Crippen LogP contribution in [0, 0.1) is 0 Å². The van der Waals surface area contributed by atoms with Gasteiger partial charge in [-0.25, -0.2) is 0 Å². The number of hydrogen-bond acceptors (Lipinski definition) is 0. The van der Waals surface area contributed by atoms with Crippen molar-refractivity contribution in [1.82, 2.24) is 0 Å². The van der Waals surface area contributed by atoms with E-state index in [0.717, 1.165) is 7.35 Å². The molecule has 0 N–H and O–H groups in total. The second kappa shape index (κ2) is 11.5. The molecule has 2 atom stereocenters. The normalized spacial score (nSPS) is 22.9. The summed E-state index contributed by atoms with van der Waals surface area (Å²) in [4.78, 5) is 0. The minimum atomic E-state index is -5.32. The predicted octanol–water partition coefficient (Wildman–Crippen LogP) is 13.1. The van der Waals surface area contributed by atoms with Gasteiger partial charge in [0.05, 0.1) is 0 Å². The van der Waals surface area contributed by atoms with Crippen molar-refractivity contribution >= 4 is 45.6 Å². The third-order valence-corrected chi connectivity index (χ3v) is 91.5. The zero-order valence-electron chi connectivity index (χ0n) is 33.6. The monoisotopic (exact) mass is 904 g/mol. The molecule has 0 saturated heterocycles. The van der Waals surface area contributed by atoms with Gasteiger partial charge in [-0.1, -0.05) is 0 Å². The summed E-state index contributed by atoms with van der Waals surface area (Å²) in [7, 11) is -2.73. The Balaban J connectivity index is 1.36. The van der Waals surface area contributed by atoms with E-state index in [1.807, 2.05) is 0 Å². The summed E-state index contributed by atoms with van der Waals surface area (Å²) < 4.78 is 8.76. The van der Waals surface area contributed by atoms with E-state index in [0.29, 0.717) is 7.35 Å². The van der Waals surface area contributed by atoms with Crippen LogP contribution in [0.15, 0.2) is 97.1 Å². The zero-order chi connectivity index (χ0) is 36.8. The molecule has 4 aromatic carbocycles. The van der Waals surface area contributed by atoms with Gasteiger partial charge in [0.25, 0.3) is 0 Å². The standard InChI is InChI=1S/2C18H19Si.2C5H9.2CH3.Hf.H2Si/c2*1-19(2,3)16-12-10-15(11-13-16)18-9-5-7-14-6-4-8-17(14)18;2*1-2-4-5-3-1;;;;/h2*4-13H,1-3H3;2*1H,2-5H2;2*1H3;;1H2. The average molecular weight is 904 g/mol. The van der Waals surface area contributed by atoms with E-state index in [9.17, 15) is 0 Å². The van der Waals surface area contributed by atoms with Crippen molar-refractivity contribution < 1.29 is 14.2 Å². The third-order valence-electron chi connectivity index (χ3n) is 17.1. The van der Waals surface area contributed by atoms with E-state index in [4.69, 9.17) is 0 Å². The quantitative estimate of drug-likeness (QED) is 0.155. The summed E-state index contributed by atoms with van der Waals surface area (Å²) in [5.41, 5.74) is 11.9. The molecule has 4 aromatic rings. The SMILES string of the molecule is C[Si](C)(C)c1ccc(-c2cccc3c2C=C[CH]3[Hf]([CH3])([CH3])(=[SiH2])([CH]2CCCC2)([CH]2CCCC2)[CH]2C=Cc3c(-c4ccc([Si](C)(C)C)cc4)cccc32)cc1. The Kier molecular flexibility index (Phi) is 8.12. The maximum atomic E-state index is 3.09. The number of allylic oxidation sites excluding steroid dienone is 2. The Hall–Kier alpha value is -2.12. The first-order valence-corrected chi connectivity index (χ1v) is 51.6. The van der Waals surface area contributed by atoms with Crippen molar-refractivity contribution in [2.75, 3.05) is 0 Å². The molecule has 8 rings (SSSR count). The Bertz CT molecular complexity index is 2090. The van der Waals surface area contributed by atoms with Crippen LogP contribution in [0.2, 0.25) is 56.0 Å². The van der Waals surface area contributed by atoms with Crippen LogP contribution in [0.3, 0.4) is 0 Å². The average Bonchev–Trinajstić information content (AvgIpc) is 3.95. The van der Waals surface area contributed by atoms with Gasteiger partial charge in [-0.05, 0) is 0 Å². The molecule has 0 nitrogen and oxygen atoms in total. The second-order valence-corrected chi connectivity index (χ2v) is 106. The van der Waals surface area contributed by atoms with E-state index < -0.39 is 30.3 Å². The molecule has 0 heterocycles. The molecule has 0 aromatic heterocycles. The van der Waals surface area contributed by atoms with Crippen LogP contribution in [0.4, 0.5) is 0 Å². The van der Waals surface area contributed by atoms with Gasteiger partial charge in [0, 0.05) is 0 Å². The first-order valence-electron chi connectivity index (χ1n) is 20.8. The molecule has 0 aliphatic heterocycles. The zero-order valence-corrected chi connectivity index (χ0v) is 40.6. The summed E-state index contributed by atoms with van der Waals surface area (Å²) in [6.45, 7) is 17.5. The number of rotatable bonds is 8. The predicted molar refractivity (Wildman–Crippen MR) is 238 cm³/mol. The van der Waals surface area contributed by atoms with Crippen LogP contribution in [-0.2, 0) is 14.2 Å². The summed E-state index contributed by atoms with van der Waals surface area (Å²) in [5, 5.41) is 3.09. The van der Waals surface area contributed by atoms with Crippen LogP contribution in [-0.4, -0.2) is 23.1 Å². The van der Waals surface area contributed by atoms with Crippen LogP contribution >= 0.6 is 0 Å². The molecule has 0 bridgehead atoms. The molecule has 4 aliphatic carbocycles. The van der Waals surface area contributed by atoms with Crippen LogP contribution in [0.5, 0.6) is 0 Å². The summed E-state index contributed by atoms with van der Waals surface area (Å²) in [6.07, 6.45) is 22.1. The van der Waals surface area contributed by atoms with Gasteiger partial charge >= 0.3 is 316 Å². The molecule has 2 saturated carbocycles. The van der Waals surface area contributed by atoms with Crippen molar-refractivity contribution in [3.63, 3.8) is 0 Å². The molecule has 0 radical (unpaired) electrons. The maximum absolute atomic E-state index is 5.32. The molecule has 0 amide bonds. The van der Waals surface area contributed by atoms with Crippen molar-refractivity contribution in [3.8, 4) is 22.3 Å². The van der Waals surface area contributed by atoms with Gasteiger partial charge in [-0.15, -0.1) is 0 Å². The molecule has 4 aliphatic rings. The molecule has 2 fully saturated rings. The molecule has 0 spiro atoms. The molecule has 272 valence electrons. The molecule has 2 unspecified atom stereocenters. The fourth-order valence-electron chi connectivity index (χ4n) is 13.7. The second-order valence-electron chi connectivity index (χ2n) is 22.2. The van der Waals surface area contributed by atoms with Crippen LogP contribution < -0.4 is 10.4 Å². The third kappa shape index (κ3) is 4.94. The Morgan fingerprint density at radius 1 is 0.500 bits per heavy atom.